The lowest BCUT2D eigenvalue weighted by atomic mass is 10.3. The molecule has 21 heavy (non-hydrogen) atoms. The number of halogens is 1. The molecule has 2 aromatic rings. The van der Waals surface area contributed by atoms with Crippen LogP contribution in [0.5, 0.6) is 0 Å². The highest BCUT2D eigenvalue weighted by atomic mass is 35.5. The lowest BCUT2D eigenvalue weighted by Gasteiger charge is -2.18. The zero-order valence-electron chi connectivity index (χ0n) is 13.3. The van der Waals surface area contributed by atoms with Gasteiger partial charge in [0.1, 0.15) is 16.5 Å². The average Bonchev–Trinajstić information content (AvgIpc) is 2.86. The van der Waals surface area contributed by atoms with E-state index in [0.29, 0.717) is 0 Å². The number of anilines is 1. The summed E-state index contributed by atoms with van der Waals surface area (Å²) in [5.74, 6) is 1.82. The van der Waals surface area contributed by atoms with E-state index >= 15 is 0 Å². The monoisotopic (exact) mass is 328 g/mol. The van der Waals surface area contributed by atoms with Crippen LogP contribution in [0.3, 0.4) is 0 Å². The lowest BCUT2D eigenvalue weighted by molar-refractivity contribution is 0.316. The number of rotatable bonds is 7. The van der Waals surface area contributed by atoms with Gasteiger partial charge in [0, 0.05) is 18.0 Å². The van der Waals surface area contributed by atoms with Crippen LogP contribution < -0.4 is 5.32 Å². The van der Waals surface area contributed by atoms with Crippen molar-refractivity contribution in [3.63, 3.8) is 0 Å². The van der Waals surface area contributed by atoms with E-state index in [2.05, 4.69) is 47.0 Å². The molecule has 0 saturated heterocycles. The van der Waals surface area contributed by atoms with E-state index in [1.165, 1.54) is 4.88 Å². The Morgan fingerprint density at radius 3 is 2.52 bits per heavy atom. The van der Waals surface area contributed by atoms with Crippen molar-refractivity contribution in [2.45, 2.75) is 34.1 Å². The molecule has 0 bridgehead atoms. The summed E-state index contributed by atoms with van der Waals surface area (Å²) in [4.78, 5) is 14.0. The minimum Gasteiger partial charge on any atom is -0.368 e. The fraction of sp³-hybridized carbons (Fsp3) is 0.600. The first-order valence-electron chi connectivity index (χ1n) is 7.41. The minimum atomic E-state index is 0. The number of nitrogens with zero attached hydrogens (tertiary/aromatic N) is 3. The molecule has 0 fully saturated rings. The summed E-state index contributed by atoms with van der Waals surface area (Å²) >= 11 is 1.77. The van der Waals surface area contributed by atoms with E-state index in [0.717, 1.165) is 54.5 Å². The van der Waals surface area contributed by atoms with Crippen LogP contribution in [0.25, 0.3) is 10.2 Å². The van der Waals surface area contributed by atoms with Crippen LogP contribution in [-0.4, -0.2) is 41.0 Å². The van der Waals surface area contributed by atoms with Gasteiger partial charge in [-0.05, 0) is 32.5 Å². The van der Waals surface area contributed by atoms with Gasteiger partial charge in [-0.1, -0.05) is 20.8 Å². The fourth-order valence-corrected chi connectivity index (χ4v) is 3.27. The first-order chi connectivity index (χ1) is 9.67. The standard InChI is InChI=1S/C15H24N4S.ClH/c1-5-12-10-13-14(16-8-9-19(6-2)7-3)17-11(4)18-15(13)20-12;/h10H,5-9H2,1-4H3,(H,16,17,18);1H. The van der Waals surface area contributed by atoms with Crippen LogP contribution >= 0.6 is 23.7 Å². The van der Waals surface area contributed by atoms with Crippen molar-refractivity contribution in [2.24, 2.45) is 0 Å². The van der Waals surface area contributed by atoms with Crippen molar-refractivity contribution >= 4 is 39.8 Å². The van der Waals surface area contributed by atoms with Crippen LogP contribution in [0.15, 0.2) is 6.07 Å². The second-order valence-corrected chi connectivity index (χ2v) is 5.97. The van der Waals surface area contributed by atoms with E-state index in [1.54, 1.807) is 11.3 Å². The molecule has 0 spiro atoms. The molecule has 2 heterocycles. The molecule has 1 N–H and O–H groups in total. The van der Waals surface area contributed by atoms with Gasteiger partial charge in [0.2, 0.25) is 0 Å². The quantitative estimate of drug-likeness (QED) is 0.840. The molecule has 4 nitrogen and oxygen atoms in total. The van der Waals surface area contributed by atoms with Crippen LogP contribution in [0, 0.1) is 6.92 Å². The Labute approximate surface area is 137 Å². The Morgan fingerprint density at radius 2 is 1.90 bits per heavy atom. The van der Waals surface area contributed by atoms with Crippen molar-refractivity contribution in [3.05, 3.63) is 16.8 Å². The fourth-order valence-electron chi connectivity index (χ4n) is 2.26. The van der Waals surface area contributed by atoms with E-state index in [9.17, 15) is 0 Å². The molecule has 2 rings (SSSR count). The first-order valence-corrected chi connectivity index (χ1v) is 8.22. The van der Waals surface area contributed by atoms with Crippen molar-refractivity contribution in [3.8, 4) is 0 Å². The van der Waals surface area contributed by atoms with E-state index in [-0.39, 0.29) is 12.4 Å². The van der Waals surface area contributed by atoms with Gasteiger partial charge < -0.3 is 10.2 Å². The van der Waals surface area contributed by atoms with Crippen molar-refractivity contribution < 1.29 is 0 Å². The zero-order chi connectivity index (χ0) is 14.5. The molecular weight excluding hydrogens is 304 g/mol. The molecule has 0 amide bonds. The number of likely N-dealkylation sites (N-methyl/N-ethyl adjacent to an activating group) is 1. The summed E-state index contributed by atoms with van der Waals surface area (Å²) in [5.41, 5.74) is 0. The average molecular weight is 329 g/mol. The maximum atomic E-state index is 4.56. The Kier molecular flexibility index (Phi) is 7.35. The lowest BCUT2D eigenvalue weighted by Crippen LogP contribution is -2.28. The highest BCUT2D eigenvalue weighted by molar-refractivity contribution is 7.18. The number of hydrogen-bond donors (Lipinski definition) is 1. The predicted molar refractivity (Wildman–Crippen MR) is 95.1 cm³/mol. The normalized spacial score (nSPS) is 10.9. The third-order valence-electron chi connectivity index (χ3n) is 3.52. The van der Waals surface area contributed by atoms with Crippen LogP contribution in [-0.2, 0) is 6.42 Å². The topological polar surface area (TPSA) is 41.0 Å². The van der Waals surface area contributed by atoms with Crippen LogP contribution in [0.1, 0.15) is 31.5 Å². The van der Waals surface area contributed by atoms with Gasteiger partial charge in [-0.25, -0.2) is 9.97 Å². The van der Waals surface area contributed by atoms with E-state index < -0.39 is 0 Å². The SMILES string of the molecule is CCc1cc2c(NCCN(CC)CC)nc(C)nc2s1.Cl. The van der Waals surface area contributed by atoms with Gasteiger partial charge in [-0.15, -0.1) is 23.7 Å². The summed E-state index contributed by atoms with van der Waals surface area (Å²) in [6.45, 7) is 12.7. The van der Waals surface area contributed by atoms with Gasteiger partial charge in [-0.3, -0.25) is 0 Å². The molecule has 0 aromatic carbocycles. The molecule has 118 valence electrons. The predicted octanol–water partition coefficient (Wildman–Crippen LogP) is 3.74. The van der Waals surface area contributed by atoms with Crippen molar-refractivity contribution in [1.82, 2.24) is 14.9 Å². The number of fused-ring (bicyclic) bond motifs is 1. The highest BCUT2D eigenvalue weighted by Gasteiger charge is 2.09. The maximum Gasteiger partial charge on any atom is 0.138 e. The number of hydrogen-bond acceptors (Lipinski definition) is 5. The molecule has 6 heteroatoms. The summed E-state index contributed by atoms with van der Waals surface area (Å²) in [7, 11) is 0. The highest BCUT2D eigenvalue weighted by Crippen LogP contribution is 2.29. The molecule has 0 saturated carbocycles. The number of nitrogens with one attached hydrogen (secondary N) is 1. The molecule has 0 aliphatic carbocycles. The first kappa shape index (κ1) is 18.1. The van der Waals surface area contributed by atoms with E-state index in [1.807, 2.05) is 6.92 Å². The third-order valence-corrected chi connectivity index (χ3v) is 4.69. The largest absolute Gasteiger partial charge is 0.368 e. The number of aromatic nitrogens is 2. The molecule has 0 radical (unpaired) electrons. The molecule has 2 aromatic heterocycles. The van der Waals surface area contributed by atoms with Crippen molar-refractivity contribution in [2.75, 3.05) is 31.5 Å². The Balaban J connectivity index is 0.00000220. The van der Waals surface area contributed by atoms with Gasteiger partial charge in [0.25, 0.3) is 0 Å². The smallest absolute Gasteiger partial charge is 0.138 e. The summed E-state index contributed by atoms with van der Waals surface area (Å²) < 4.78 is 0. The zero-order valence-corrected chi connectivity index (χ0v) is 14.9. The molecule has 0 aliphatic rings. The second kappa shape index (κ2) is 8.51. The summed E-state index contributed by atoms with van der Waals surface area (Å²) in [6.07, 6.45) is 1.05. The number of aryl methyl sites for hydroxylation is 2. The van der Waals surface area contributed by atoms with E-state index in [4.69, 9.17) is 0 Å². The summed E-state index contributed by atoms with van der Waals surface area (Å²) in [5, 5.41) is 4.64. The van der Waals surface area contributed by atoms with Gasteiger partial charge in [-0.2, -0.15) is 0 Å². The molecule has 0 unspecified atom stereocenters. The Morgan fingerprint density at radius 1 is 1.19 bits per heavy atom. The van der Waals surface area contributed by atoms with Crippen LogP contribution in [0.4, 0.5) is 5.82 Å². The summed E-state index contributed by atoms with van der Waals surface area (Å²) in [6, 6.07) is 2.22. The molecule has 0 atom stereocenters. The molecule has 0 aliphatic heterocycles. The van der Waals surface area contributed by atoms with Gasteiger partial charge >= 0.3 is 0 Å². The Hall–Kier alpha value is -0.910. The maximum absolute atomic E-state index is 4.56. The second-order valence-electron chi connectivity index (χ2n) is 4.86. The number of thiophene rings is 1. The van der Waals surface area contributed by atoms with Crippen LogP contribution in [0.2, 0.25) is 0 Å². The van der Waals surface area contributed by atoms with Gasteiger partial charge in [0.15, 0.2) is 0 Å². The molecular formula is C15H25ClN4S. The third kappa shape index (κ3) is 4.53. The minimum absolute atomic E-state index is 0. The van der Waals surface area contributed by atoms with Gasteiger partial charge in [0.05, 0.1) is 5.39 Å². The Bertz CT molecular complexity index is 566. The van der Waals surface area contributed by atoms with Crippen molar-refractivity contribution in [1.29, 1.82) is 0 Å².